The monoisotopic (exact) mass is 290 g/mol. The molecule has 2 aromatic rings. The number of hydrogen-bond acceptors (Lipinski definition) is 2. The standard InChI is InChI=1S/C16H19ClN2O/c1-11-6-15(19-8-11)16-9-18-14(10-20-16)7-12-2-4-13(17)5-3-12/h2-6,8,14,16,18-19H,7,9-10H2,1H3/t14-,16+/m0/s1. The summed E-state index contributed by atoms with van der Waals surface area (Å²) < 4.78 is 5.97. The Labute approximate surface area is 124 Å². The van der Waals surface area contributed by atoms with Crippen molar-refractivity contribution in [2.24, 2.45) is 0 Å². The molecule has 3 rings (SSSR count). The molecule has 2 atom stereocenters. The second kappa shape index (κ2) is 6.00. The summed E-state index contributed by atoms with van der Waals surface area (Å²) in [5.74, 6) is 0. The van der Waals surface area contributed by atoms with Gasteiger partial charge in [-0.25, -0.2) is 0 Å². The number of ether oxygens (including phenoxy) is 1. The Morgan fingerprint density at radius 1 is 1.30 bits per heavy atom. The number of aromatic nitrogens is 1. The Balaban J connectivity index is 1.54. The zero-order valence-electron chi connectivity index (χ0n) is 11.5. The van der Waals surface area contributed by atoms with Crippen molar-refractivity contribution in [3.8, 4) is 0 Å². The summed E-state index contributed by atoms with van der Waals surface area (Å²) in [6.07, 6.45) is 3.11. The predicted octanol–water partition coefficient (Wildman–Crippen LogP) is 3.25. The smallest absolute Gasteiger partial charge is 0.110 e. The van der Waals surface area contributed by atoms with Gasteiger partial charge in [-0.3, -0.25) is 0 Å². The zero-order valence-corrected chi connectivity index (χ0v) is 12.3. The minimum absolute atomic E-state index is 0.130. The van der Waals surface area contributed by atoms with E-state index in [0.717, 1.165) is 30.3 Å². The van der Waals surface area contributed by atoms with E-state index in [1.807, 2.05) is 18.3 Å². The second-order valence-electron chi connectivity index (χ2n) is 5.39. The lowest BCUT2D eigenvalue weighted by Gasteiger charge is -2.30. The molecule has 1 fully saturated rings. The maximum absolute atomic E-state index is 5.97. The van der Waals surface area contributed by atoms with Gasteiger partial charge in [0.15, 0.2) is 0 Å². The molecule has 1 aliphatic rings. The SMILES string of the molecule is Cc1c[nH]c([C@H]2CN[C@@H](Cc3ccc(Cl)cc3)CO2)c1. The zero-order chi connectivity index (χ0) is 13.9. The molecule has 106 valence electrons. The average Bonchev–Trinajstić information content (AvgIpc) is 2.89. The molecule has 0 unspecified atom stereocenters. The average molecular weight is 291 g/mol. The summed E-state index contributed by atoms with van der Waals surface area (Å²) in [4.78, 5) is 3.27. The van der Waals surface area contributed by atoms with Crippen LogP contribution >= 0.6 is 11.6 Å². The first kappa shape index (κ1) is 13.7. The number of aromatic amines is 1. The molecule has 1 aromatic heterocycles. The summed E-state index contributed by atoms with van der Waals surface area (Å²) in [5.41, 5.74) is 3.68. The minimum Gasteiger partial charge on any atom is -0.369 e. The molecule has 1 aliphatic heterocycles. The first-order valence-corrected chi connectivity index (χ1v) is 7.33. The molecular formula is C16H19ClN2O. The molecular weight excluding hydrogens is 272 g/mol. The van der Waals surface area contributed by atoms with E-state index in [1.54, 1.807) is 0 Å². The highest BCUT2D eigenvalue weighted by atomic mass is 35.5. The number of hydrogen-bond donors (Lipinski definition) is 2. The van der Waals surface area contributed by atoms with Gasteiger partial charge in [-0.15, -0.1) is 0 Å². The van der Waals surface area contributed by atoms with Crippen molar-refractivity contribution in [3.05, 3.63) is 58.4 Å². The van der Waals surface area contributed by atoms with E-state index in [-0.39, 0.29) is 6.10 Å². The Kier molecular flexibility index (Phi) is 4.10. The lowest BCUT2D eigenvalue weighted by atomic mass is 10.0. The Bertz CT molecular complexity index is 556. The second-order valence-corrected chi connectivity index (χ2v) is 5.83. The Morgan fingerprint density at radius 3 is 2.70 bits per heavy atom. The number of rotatable bonds is 3. The maximum Gasteiger partial charge on any atom is 0.110 e. The van der Waals surface area contributed by atoms with E-state index < -0.39 is 0 Å². The molecule has 1 aromatic carbocycles. The molecule has 0 bridgehead atoms. The third kappa shape index (κ3) is 3.23. The molecule has 0 amide bonds. The van der Waals surface area contributed by atoms with Gasteiger partial charge in [0, 0.05) is 29.5 Å². The molecule has 2 N–H and O–H groups in total. The predicted molar refractivity (Wildman–Crippen MR) is 81.2 cm³/mol. The number of benzene rings is 1. The van der Waals surface area contributed by atoms with Gasteiger partial charge >= 0.3 is 0 Å². The number of aryl methyl sites for hydroxylation is 1. The van der Waals surface area contributed by atoms with Crippen LogP contribution in [-0.4, -0.2) is 24.2 Å². The summed E-state index contributed by atoms with van der Waals surface area (Å²) in [7, 11) is 0. The number of H-pyrrole nitrogens is 1. The fourth-order valence-corrected chi connectivity index (χ4v) is 2.70. The van der Waals surface area contributed by atoms with Crippen molar-refractivity contribution in [3.63, 3.8) is 0 Å². The van der Waals surface area contributed by atoms with Crippen LogP contribution < -0.4 is 5.32 Å². The van der Waals surface area contributed by atoms with Crippen molar-refractivity contribution >= 4 is 11.6 Å². The Morgan fingerprint density at radius 2 is 2.10 bits per heavy atom. The lowest BCUT2D eigenvalue weighted by Crippen LogP contribution is -2.44. The van der Waals surface area contributed by atoms with Crippen LogP contribution in [0.25, 0.3) is 0 Å². The molecule has 0 spiro atoms. The quantitative estimate of drug-likeness (QED) is 0.910. The van der Waals surface area contributed by atoms with Crippen LogP contribution in [0.2, 0.25) is 5.02 Å². The first-order chi connectivity index (χ1) is 9.70. The van der Waals surface area contributed by atoms with Crippen molar-refractivity contribution < 1.29 is 4.74 Å². The molecule has 20 heavy (non-hydrogen) atoms. The van der Waals surface area contributed by atoms with E-state index in [9.17, 15) is 0 Å². The number of halogens is 1. The summed E-state index contributed by atoms with van der Waals surface area (Å²) in [6, 6.07) is 10.5. The lowest BCUT2D eigenvalue weighted by molar-refractivity contribution is 0.000972. The molecule has 0 aliphatic carbocycles. The van der Waals surface area contributed by atoms with E-state index in [0.29, 0.717) is 6.04 Å². The van der Waals surface area contributed by atoms with Gasteiger partial charge in [-0.05, 0) is 42.7 Å². The highest BCUT2D eigenvalue weighted by molar-refractivity contribution is 6.30. The van der Waals surface area contributed by atoms with Crippen molar-refractivity contribution in [2.45, 2.75) is 25.5 Å². The van der Waals surface area contributed by atoms with Crippen LogP contribution in [0.1, 0.15) is 22.9 Å². The van der Waals surface area contributed by atoms with Gasteiger partial charge < -0.3 is 15.0 Å². The summed E-state index contributed by atoms with van der Waals surface area (Å²) in [5, 5.41) is 4.34. The van der Waals surface area contributed by atoms with E-state index in [2.05, 4.69) is 35.4 Å². The van der Waals surface area contributed by atoms with Crippen molar-refractivity contribution in [1.29, 1.82) is 0 Å². The van der Waals surface area contributed by atoms with Crippen LogP contribution in [0.15, 0.2) is 36.5 Å². The number of nitrogens with one attached hydrogen (secondary N) is 2. The van der Waals surface area contributed by atoms with Gasteiger partial charge in [0.1, 0.15) is 6.10 Å². The van der Waals surface area contributed by atoms with Crippen LogP contribution in [0.5, 0.6) is 0 Å². The minimum atomic E-state index is 0.130. The van der Waals surface area contributed by atoms with E-state index in [1.165, 1.54) is 11.1 Å². The normalized spacial score (nSPS) is 22.9. The third-order valence-corrected chi connectivity index (χ3v) is 3.93. The highest BCUT2D eigenvalue weighted by Gasteiger charge is 2.23. The van der Waals surface area contributed by atoms with Crippen LogP contribution in [-0.2, 0) is 11.2 Å². The molecule has 4 heteroatoms. The third-order valence-electron chi connectivity index (χ3n) is 3.68. The van der Waals surface area contributed by atoms with Crippen LogP contribution in [0, 0.1) is 6.92 Å². The molecule has 2 heterocycles. The van der Waals surface area contributed by atoms with E-state index in [4.69, 9.17) is 16.3 Å². The molecule has 0 saturated carbocycles. The van der Waals surface area contributed by atoms with Gasteiger partial charge in [-0.2, -0.15) is 0 Å². The molecule has 0 radical (unpaired) electrons. The topological polar surface area (TPSA) is 37.0 Å². The first-order valence-electron chi connectivity index (χ1n) is 6.95. The van der Waals surface area contributed by atoms with Crippen LogP contribution in [0.3, 0.4) is 0 Å². The van der Waals surface area contributed by atoms with Gasteiger partial charge in [0.25, 0.3) is 0 Å². The van der Waals surface area contributed by atoms with E-state index >= 15 is 0 Å². The number of morpholine rings is 1. The molecule has 1 saturated heterocycles. The fourth-order valence-electron chi connectivity index (χ4n) is 2.57. The fraction of sp³-hybridized carbons (Fsp3) is 0.375. The molecule has 3 nitrogen and oxygen atoms in total. The van der Waals surface area contributed by atoms with Crippen molar-refractivity contribution in [2.75, 3.05) is 13.2 Å². The van der Waals surface area contributed by atoms with Crippen molar-refractivity contribution in [1.82, 2.24) is 10.3 Å². The Hall–Kier alpha value is -1.29. The van der Waals surface area contributed by atoms with Gasteiger partial charge in [0.05, 0.1) is 6.61 Å². The van der Waals surface area contributed by atoms with Crippen LogP contribution in [0.4, 0.5) is 0 Å². The van der Waals surface area contributed by atoms with Gasteiger partial charge in [-0.1, -0.05) is 23.7 Å². The van der Waals surface area contributed by atoms with Gasteiger partial charge in [0.2, 0.25) is 0 Å². The summed E-state index contributed by atoms with van der Waals surface area (Å²) >= 11 is 5.90. The maximum atomic E-state index is 5.97. The summed E-state index contributed by atoms with van der Waals surface area (Å²) in [6.45, 7) is 3.66. The largest absolute Gasteiger partial charge is 0.369 e. The highest BCUT2D eigenvalue weighted by Crippen LogP contribution is 2.21.